The third-order valence-electron chi connectivity index (χ3n) is 6.94. The van der Waals surface area contributed by atoms with Gasteiger partial charge in [0.25, 0.3) is 0 Å². The number of urea groups is 1. The average Bonchev–Trinajstić information content (AvgIpc) is 3.46. The van der Waals surface area contributed by atoms with E-state index in [0.29, 0.717) is 23.8 Å². The van der Waals surface area contributed by atoms with Gasteiger partial charge in [-0.25, -0.2) is 4.79 Å². The Kier molecular flexibility index (Phi) is 17.4. The number of carbonyl (C=O) groups is 1. The molecule has 0 unspecified atom stereocenters. The molecule has 0 saturated heterocycles. The van der Waals surface area contributed by atoms with Crippen LogP contribution in [0.3, 0.4) is 0 Å². The number of nitrogens with one attached hydrogen (secondary N) is 2. The van der Waals surface area contributed by atoms with Crippen molar-refractivity contribution in [2.24, 2.45) is 0 Å². The van der Waals surface area contributed by atoms with Gasteiger partial charge in [-0.05, 0) is 35.6 Å². The number of nitrogens with zero attached hydrogens (tertiary/aromatic N) is 1. The molecule has 0 spiro atoms. The molecule has 0 fully saturated rings. The quantitative estimate of drug-likeness (QED) is 0.151. The second-order valence-electron chi connectivity index (χ2n) is 10.1. The lowest BCUT2D eigenvalue weighted by molar-refractivity contribution is 0.261. The van der Waals surface area contributed by atoms with E-state index < -0.39 is 0 Å². The summed E-state index contributed by atoms with van der Waals surface area (Å²) in [6, 6.07) is 13.2. The fourth-order valence-corrected chi connectivity index (χ4v) is 5.44. The Balaban J connectivity index is 0.00000560. The molecule has 0 aromatic heterocycles. The van der Waals surface area contributed by atoms with Crippen LogP contribution >= 0.6 is 28.7 Å². The Morgan fingerprint density at radius 3 is 2.12 bits per heavy atom. The van der Waals surface area contributed by atoms with Crippen LogP contribution in [0.15, 0.2) is 54.1 Å². The number of amides is 2. The number of halogens is 1. The summed E-state index contributed by atoms with van der Waals surface area (Å²) in [6.07, 6.45) is 17.7. The molecule has 2 aromatic carbocycles. The number of carbonyl (C=O) groups excluding carboxylic acids is 1. The first-order chi connectivity index (χ1) is 19.2. The van der Waals surface area contributed by atoms with Gasteiger partial charge < -0.3 is 25.0 Å². The molecule has 3 rings (SSSR count). The molecule has 0 saturated carbocycles. The number of benzene rings is 2. The van der Waals surface area contributed by atoms with Crippen LogP contribution in [0, 0.1) is 0 Å². The van der Waals surface area contributed by atoms with Crippen molar-refractivity contribution in [3.05, 3.63) is 59.6 Å². The van der Waals surface area contributed by atoms with Crippen LogP contribution in [0.5, 0.6) is 11.5 Å². The first kappa shape index (κ1) is 33.9. The minimum absolute atomic E-state index is 0. The number of methoxy groups -OCH3 is 1. The van der Waals surface area contributed by atoms with E-state index in [9.17, 15) is 4.79 Å². The van der Waals surface area contributed by atoms with Crippen LogP contribution in [0.25, 0.3) is 0 Å². The van der Waals surface area contributed by atoms with E-state index in [-0.39, 0.29) is 23.0 Å². The van der Waals surface area contributed by atoms with Crippen molar-refractivity contribution in [1.29, 1.82) is 0 Å². The summed E-state index contributed by atoms with van der Waals surface area (Å²) in [7, 11) is 1.62. The first-order valence-electron chi connectivity index (χ1n) is 14.7. The smallest absolute Gasteiger partial charge is 0.323 e. The van der Waals surface area contributed by atoms with E-state index in [0.717, 1.165) is 36.5 Å². The Morgan fingerprint density at radius 2 is 1.48 bits per heavy atom. The van der Waals surface area contributed by atoms with Gasteiger partial charge in [-0.2, -0.15) is 0 Å². The van der Waals surface area contributed by atoms with Gasteiger partial charge in [-0.15, -0.1) is 28.7 Å². The summed E-state index contributed by atoms with van der Waals surface area (Å²) in [6.45, 7) is 3.61. The van der Waals surface area contributed by atoms with E-state index in [1.54, 1.807) is 18.9 Å². The molecular formula is C32H48BrN3O3S. The molecular weight excluding hydrogens is 586 g/mol. The minimum Gasteiger partial charge on any atom is -0.493 e. The molecule has 1 aliphatic rings. The molecule has 2 aromatic rings. The molecule has 8 heteroatoms. The highest BCUT2D eigenvalue weighted by atomic mass is 79.9. The predicted molar refractivity (Wildman–Crippen MR) is 176 cm³/mol. The minimum atomic E-state index is -0.308. The van der Waals surface area contributed by atoms with E-state index in [1.807, 2.05) is 42.5 Å². The lowest BCUT2D eigenvalue weighted by Crippen LogP contribution is -2.22. The van der Waals surface area contributed by atoms with Crippen molar-refractivity contribution >= 4 is 46.1 Å². The maximum Gasteiger partial charge on any atom is 0.323 e. The maximum atomic E-state index is 13.0. The van der Waals surface area contributed by atoms with Crippen molar-refractivity contribution < 1.29 is 14.3 Å². The third-order valence-corrected chi connectivity index (χ3v) is 7.73. The number of thioether (sulfide) groups is 1. The van der Waals surface area contributed by atoms with Crippen LogP contribution in [0.2, 0.25) is 0 Å². The first-order valence-corrected chi connectivity index (χ1v) is 15.7. The molecule has 1 heterocycles. The van der Waals surface area contributed by atoms with Crippen molar-refractivity contribution in [3.8, 4) is 11.5 Å². The SMILES string of the molecule is Br.CCCCCCCCCCCCCCOc1c(NC(=O)Nc2ccccc2CN2C=CSC2)cccc1OC. The van der Waals surface area contributed by atoms with Gasteiger partial charge in [0.2, 0.25) is 0 Å². The Labute approximate surface area is 256 Å². The highest BCUT2D eigenvalue weighted by molar-refractivity contribution is 8.93. The van der Waals surface area contributed by atoms with E-state index in [4.69, 9.17) is 9.47 Å². The van der Waals surface area contributed by atoms with Crippen LogP contribution in [0.4, 0.5) is 16.2 Å². The molecule has 2 amide bonds. The van der Waals surface area contributed by atoms with E-state index in [2.05, 4.69) is 34.1 Å². The average molecular weight is 635 g/mol. The zero-order chi connectivity index (χ0) is 27.5. The fraction of sp³-hybridized carbons (Fsp3) is 0.531. The molecule has 2 N–H and O–H groups in total. The van der Waals surface area contributed by atoms with Gasteiger partial charge in [0.05, 0.1) is 25.3 Å². The van der Waals surface area contributed by atoms with Crippen LogP contribution in [-0.2, 0) is 6.54 Å². The molecule has 0 bridgehead atoms. The van der Waals surface area contributed by atoms with Crippen molar-refractivity contribution in [2.45, 2.75) is 90.5 Å². The summed E-state index contributed by atoms with van der Waals surface area (Å²) < 4.78 is 11.7. The van der Waals surface area contributed by atoms with Gasteiger partial charge in [0.15, 0.2) is 11.5 Å². The second-order valence-corrected chi connectivity index (χ2v) is 11.0. The van der Waals surface area contributed by atoms with Crippen LogP contribution in [0.1, 0.15) is 89.5 Å². The summed E-state index contributed by atoms with van der Waals surface area (Å²) in [5.41, 5.74) is 2.46. The number of para-hydroxylation sites is 2. The number of hydrogen-bond donors (Lipinski definition) is 2. The van der Waals surface area contributed by atoms with Gasteiger partial charge in [0, 0.05) is 18.4 Å². The Morgan fingerprint density at radius 1 is 0.850 bits per heavy atom. The summed E-state index contributed by atoms with van der Waals surface area (Å²) >= 11 is 1.76. The zero-order valence-electron chi connectivity index (χ0n) is 24.3. The normalized spacial score (nSPS) is 12.2. The van der Waals surface area contributed by atoms with Crippen molar-refractivity contribution in [1.82, 2.24) is 4.90 Å². The fourth-order valence-electron chi connectivity index (χ4n) is 4.73. The number of unbranched alkanes of at least 4 members (excludes halogenated alkanes) is 11. The Bertz CT molecular complexity index is 1020. The largest absolute Gasteiger partial charge is 0.493 e. The number of hydrogen-bond acceptors (Lipinski definition) is 5. The van der Waals surface area contributed by atoms with Gasteiger partial charge in [-0.1, -0.05) is 102 Å². The molecule has 0 atom stereocenters. The van der Waals surface area contributed by atoms with Gasteiger partial charge in [0.1, 0.15) is 0 Å². The highest BCUT2D eigenvalue weighted by Gasteiger charge is 2.15. The predicted octanol–water partition coefficient (Wildman–Crippen LogP) is 9.97. The van der Waals surface area contributed by atoms with Gasteiger partial charge in [-0.3, -0.25) is 0 Å². The zero-order valence-corrected chi connectivity index (χ0v) is 26.8. The van der Waals surface area contributed by atoms with Gasteiger partial charge >= 0.3 is 6.03 Å². The lowest BCUT2D eigenvalue weighted by atomic mass is 10.1. The topological polar surface area (TPSA) is 62.8 Å². The standard InChI is InChI=1S/C32H47N3O3S.BrH/c1-3-4-5-6-7-8-9-10-11-12-13-16-23-38-31-29(20-17-21-30(31)37-2)34-32(36)33-28-19-15-14-18-27(28)25-35-22-24-39-26-35;/h14-15,17-22,24H,3-13,16,23,25-26H2,1-2H3,(H2,33,34,36);1H. The molecule has 0 aliphatic carbocycles. The molecule has 40 heavy (non-hydrogen) atoms. The molecule has 6 nitrogen and oxygen atoms in total. The van der Waals surface area contributed by atoms with Crippen LogP contribution < -0.4 is 20.1 Å². The van der Waals surface area contributed by atoms with E-state index >= 15 is 0 Å². The summed E-state index contributed by atoms with van der Waals surface area (Å²) in [4.78, 5) is 15.2. The van der Waals surface area contributed by atoms with Crippen LogP contribution in [-0.4, -0.2) is 30.5 Å². The van der Waals surface area contributed by atoms with E-state index in [1.165, 1.54) is 64.2 Å². The molecule has 1 aliphatic heterocycles. The number of ether oxygens (including phenoxy) is 2. The summed E-state index contributed by atoms with van der Waals surface area (Å²) in [5, 5.41) is 8.06. The Hall–Kier alpha value is -2.32. The lowest BCUT2D eigenvalue weighted by Gasteiger charge is -2.19. The van der Waals surface area contributed by atoms with Crippen molar-refractivity contribution in [3.63, 3.8) is 0 Å². The van der Waals surface area contributed by atoms with Crippen molar-refractivity contribution in [2.75, 3.05) is 30.2 Å². The molecule has 0 radical (unpaired) electrons. The molecule has 222 valence electrons. The maximum absolute atomic E-state index is 13.0. The highest BCUT2D eigenvalue weighted by Crippen LogP contribution is 2.35. The second kappa shape index (κ2) is 20.5. The summed E-state index contributed by atoms with van der Waals surface area (Å²) in [5.74, 6) is 2.11. The number of rotatable bonds is 19. The monoisotopic (exact) mass is 633 g/mol. The third kappa shape index (κ3) is 12.5. The number of anilines is 2.